The fourth-order valence-electron chi connectivity index (χ4n) is 2.69. The Morgan fingerprint density at radius 3 is 2.71 bits per heavy atom. The Balaban J connectivity index is 2.23. The average molecular weight is 287 g/mol. The van der Waals surface area contributed by atoms with E-state index >= 15 is 0 Å². The molecule has 109 valence electrons. The number of fused-ring (bicyclic) bond motifs is 1. The Morgan fingerprint density at radius 1 is 1.19 bits per heavy atom. The predicted octanol–water partition coefficient (Wildman–Crippen LogP) is 3.65. The lowest BCUT2D eigenvalue weighted by Gasteiger charge is -2.15. The van der Waals surface area contributed by atoms with Gasteiger partial charge in [0.25, 0.3) is 0 Å². The van der Waals surface area contributed by atoms with Gasteiger partial charge in [-0.2, -0.15) is 0 Å². The van der Waals surface area contributed by atoms with E-state index < -0.39 is 0 Å². The average Bonchev–Trinajstić information content (AvgIpc) is 2.85. The number of halogens is 1. The molecule has 0 aromatic heterocycles. The molecule has 4 heteroatoms. The molecule has 1 atom stereocenters. The van der Waals surface area contributed by atoms with Gasteiger partial charge in [0.15, 0.2) is 11.5 Å². The molecule has 0 aliphatic carbocycles. The molecule has 3 rings (SSSR count). The summed E-state index contributed by atoms with van der Waals surface area (Å²) in [4.78, 5) is 0. The van der Waals surface area contributed by atoms with Crippen molar-refractivity contribution in [2.24, 2.45) is 0 Å². The minimum Gasteiger partial charge on any atom is -0.493 e. The normalized spacial score (nSPS) is 16.3. The van der Waals surface area contributed by atoms with Crippen LogP contribution in [-0.4, -0.2) is 20.3 Å². The molecule has 1 aliphatic heterocycles. The quantitative estimate of drug-likeness (QED) is 0.862. The topological polar surface area (TPSA) is 27.7 Å². The van der Waals surface area contributed by atoms with Crippen LogP contribution in [0.1, 0.15) is 5.56 Å². The van der Waals surface area contributed by atoms with Crippen LogP contribution in [-0.2, 0) is 6.42 Å². The molecule has 1 aliphatic rings. The van der Waals surface area contributed by atoms with Gasteiger partial charge < -0.3 is 14.2 Å². The first kappa shape index (κ1) is 13.7. The SMILES string of the molecule is [CH2]C1Cc2cc(F)cc(-c3cccc(OC)c3OC)c2O1. The second-order valence-corrected chi connectivity index (χ2v) is 4.93. The van der Waals surface area contributed by atoms with Crippen molar-refractivity contribution in [2.75, 3.05) is 14.2 Å². The molecule has 21 heavy (non-hydrogen) atoms. The highest BCUT2D eigenvalue weighted by molar-refractivity contribution is 5.80. The van der Waals surface area contributed by atoms with E-state index in [4.69, 9.17) is 14.2 Å². The standard InChI is InChI=1S/C17H16FO3/c1-10-7-11-8-12(18)9-14(16(11)21-10)13-5-4-6-15(19-2)17(13)20-3/h4-6,8-10H,1,7H2,2-3H3. The number of benzene rings is 2. The number of para-hydroxylation sites is 1. The zero-order valence-corrected chi connectivity index (χ0v) is 12.0. The molecule has 2 aromatic rings. The lowest BCUT2D eigenvalue weighted by atomic mass is 9.99. The minimum absolute atomic E-state index is 0.197. The van der Waals surface area contributed by atoms with Gasteiger partial charge in [0.05, 0.1) is 14.2 Å². The first-order valence-corrected chi connectivity index (χ1v) is 6.67. The van der Waals surface area contributed by atoms with E-state index in [-0.39, 0.29) is 11.9 Å². The lowest BCUT2D eigenvalue weighted by Crippen LogP contribution is -2.06. The molecule has 0 saturated heterocycles. The van der Waals surface area contributed by atoms with Crippen molar-refractivity contribution in [3.63, 3.8) is 0 Å². The van der Waals surface area contributed by atoms with Crippen LogP contribution in [0.2, 0.25) is 0 Å². The minimum atomic E-state index is -0.300. The molecule has 1 heterocycles. The van der Waals surface area contributed by atoms with E-state index in [1.54, 1.807) is 20.3 Å². The van der Waals surface area contributed by atoms with Gasteiger partial charge in [0.1, 0.15) is 17.7 Å². The molecule has 3 nitrogen and oxygen atoms in total. The first-order chi connectivity index (χ1) is 10.1. The smallest absolute Gasteiger partial charge is 0.168 e. The Labute approximate surface area is 123 Å². The third-order valence-electron chi connectivity index (χ3n) is 3.56. The maximum Gasteiger partial charge on any atom is 0.168 e. The van der Waals surface area contributed by atoms with Gasteiger partial charge in [-0.15, -0.1) is 0 Å². The third-order valence-corrected chi connectivity index (χ3v) is 3.56. The van der Waals surface area contributed by atoms with Crippen LogP contribution in [0.15, 0.2) is 30.3 Å². The van der Waals surface area contributed by atoms with Crippen LogP contribution in [0, 0.1) is 12.7 Å². The van der Waals surface area contributed by atoms with E-state index in [0.717, 1.165) is 11.1 Å². The van der Waals surface area contributed by atoms with Crippen molar-refractivity contribution in [3.8, 4) is 28.4 Å². The van der Waals surface area contributed by atoms with E-state index in [1.165, 1.54) is 12.1 Å². The Kier molecular flexibility index (Phi) is 3.45. The molecule has 0 fully saturated rings. The van der Waals surface area contributed by atoms with Gasteiger partial charge in [-0.1, -0.05) is 12.1 Å². The van der Waals surface area contributed by atoms with Crippen LogP contribution in [0.3, 0.4) is 0 Å². The Morgan fingerprint density at radius 2 is 2.00 bits per heavy atom. The van der Waals surface area contributed by atoms with Crippen molar-refractivity contribution >= 4 is 0 Å². The highest BCUT2D eigenvalue weighted by Gasteiger charge is 2.26. The van der Waals surface area contributed by atoms with Crippen molar-refractivity contribution in [3.05, 3.63) is 48.6 Å². The molecule has 0 spiro atoms. The summed E-state index contributed by atoms with van der Waals surface area (Å²) in [6, 6.07) is 8.44. The number of hydrogen-bond acceptors (Lipinski definition) is 3. The summed E-state index contributed by atoms with van der Waals surface area (Å²) in [6.45, 7) is 3.89. The number of methoxy groups -OCH3 is 2. The van der Waals surface area contributed by atoms with E-state index in [1.807, 2.05) is 12.1 Å². The van der Waals surface area contributed by atoms with Gasteiger partial charge in [-0.25, -0.2) is 4.39 Å². The number of rotatable bonds is 3. The Bertz CT molecular complexity index is 682. The van der Waals surface area contributed by atoms with Crippen molar-refractivity contribution in [1.82, 2.24) is 0 Å². The Hall–Kier alpha value is -2.23. The second-order valence-electron chi connectivity index (χ2n) is 4.93. The molecule has 2 aromatic carbocycles. The number of ether oxygens (including phenoxy) is 3. The van der Waals surface area contributed by atoms with Crippen LogP contribution in [0.25, 0.3) is 11.1 Å². The first-order valence-electron chi connectivity index (χ1n) is 6.67. The fraction of sp³-hybridized carbons (Fsp3) is 0.235. The molecule has 0 amide bonds. The maximum absolute atomic E-state index is 13.9. The summed E-state index contributed by atoms with van der Waals surface area (Å²) in [5.74, 6) is 1.52. The molecule has 0 bridgehead atoms. The summed E-state index contributed by atoms with van der Waals surface area (Å²) in [7, 11) is 3.13. The second kappa shape index (κ2) is 5.28. The number of hydrogen-bond donors (Lipinski definition) is 0. The van der Waals surface area contributed by atoms with Gasteiger partial charge in [-0.3, -0.25) is 0 Å². The highest BCUT2D eigenvalue weighted by Crippen LogP contribution is 2.45. The fourth-order valence-corrected chi connectivity index (χ4v) is 2.69. The van der Waals surface area contributed by atoms with Crippen molar-refractivity contribution in [1.29, 1.82) is 0 Å². The molecule has 1 radical (unpaired) electrons. The van der Waals surface area contributed by atoms with Crippen LogP contribution >= 0.6 is 0 Å². The van der Waals surface area contributed by atoms with Crippen LogP contribution in [0.4, 0.5) is 4.39 Å². The predicted molar refractivity (Wildman–Crippen MR) is 78.4 cm³/mol. The highest BCUT2D eigenvalue weighted by atomic mass is 19.1. The van der Waals surface area contributed by atoms with Gasteiger partial charge in [0.2, 0.25) is 0 Å². The summed E-state index contributed by atoms with van der Waals surface area (Å²) in [6.07, 6.45) is 0.406. The summed E-state index contributed by atoms with van der Waals surface area (Å²) >= 11 is 0. The largest absolute Gasteiger partial charge is 0.493 e. The van der Waals surface area contributed by atoms with Gasteiger partial charge in [-0.05, 0) is 25.1 Å². The molecule has 1 unspecified atom stereocenters. The maximum atomic E-state index is 13.9. The van der Waals surface area contributed by atoms with Crippen molar-refractivity contribution in [2.45, 2.75) is 12.5 Å². The van der Waals surface area contributed by atoms with Crippen LogP contribution in [0.5, 0.6) is 17.2 Å². The van der Waals surface area contributed by atoms with Gasteiger partial charge in [0, 0.05) is 23.1 Å². The summed E-state index contributed by atoms with van der Waals surface area (Å²) < 4.78 is 30.4. The summed E-state index contributed by atoms with van der Waals surface area (Å²) in [5.41, 5.74) is 2.23. The van der Waals surface area contributed by atoms with E-state index in [9.17, 15) is 4.39 Å². The molecule has 0 N–H and O–H groups in total. The van der Waals surface area contributed by atoms with Crippen LogP contribution < -0.4 is 14.2 Å². The lowest BCUT2D eigenvalue weighted by molar-refractivity contribution is 0.281. The van der Waals surface area contributed by atoms with Gasteiger partial charge >= 0.3 is 0 Å². The van der Waals surface area contributed by atoms with Crippen molar-refractivity contribution < 1.29 is 18.6 Å². The monoisotopic (exact) mass is 287 g/mol. The summed E-state index contributed by atoms with van der Waals surface area (Å²) in [5, 5.41) is 0. The molecule has 0 saturated carbocycles. The van der Waals surface area contributed by atoms with E-state index in [2.05, 4.69) is 6.92 Å². The molecular formula is C17H16FO3. The van der Waals surface area contributed by atoms with E-state index in [0.29, 0.717) is 29.2 Å². The molecular weight excluding hydrogens is 271 g/mol. The third kappa shape index (κ3) is 2.31. The zero-order chi connectivity index (χ0) is 15.0. The zero-order valence-electron chi connectivity index (χ0n) is 12.0.